The Morgan fingerprint density at radius 2 is 2.00 bits per heavy atom. The zero-order valence-electron chi connectivity index (χ0n) is 22.2. The fraction of sp³-hybridized carbons (Fsp3) is 0.407. The number of aryl methyl sites for hydroxylation is 3. The number of carbonyl (C=O) groups excluding carboxylic acids is 2. The molecule has 1 unspecified atom stereocenters. The smallest absolute Gasteiger partial charge is 0.320 e. The van der Waals surface area contributed by atoms with Crippen LogP contribution in [-0.4, -0.2) is 55.8 Å². The van der Waals surface area contributed by atoms with Crippen molar-refractivity contribution in [1.29, 1.82) is 0 Å². The van der Waals surface area contributed by atoms with Crippen LogP contribution < -0.4 is 16.0 Å². The lowest BCUT2D eigenvalue weighted by atomic mass is 9.80. The molecule has 3 aromatic rings. The second-order valence-corrected chi connectivity index (χ2v) is 10.3. The van der Waals surface area contributed by atoms with E-state index in [9.17, 15) is 14.7 Å². The SMILES string of the molecule is CC[C@@H](NC(=O)N1C(O)[C@H](Cc2cc(C)nc(N)c2)[C@H]1C(=O)N(C)c1nccn1C)c1cc(Cl)ccc1C. The lowest BCUT2D eigenvalue weighted by Crippen LogP contribution is -2.72. The van der Waals surface area contributed by atoms with Gasteiger partial charge in [-0.2, -0.15) is 0 Å². The van der Waals surface area contributed by atoms with Gasteiger partial charge in [0.25, 0.3) is 5.91 Å². The number of aromatic nitrogens is 3. The average molecular weight is 540 g/mol. The van der Waals surface area contributed by atoms with E-state index in [1.54, 1.807) is 43.2 Å². The summed E-state index contributed by atoms with van der Waals surface area (Å²) in [7, 11) is 3.40. The van der Waals surface area contributed by atoms with E-state index >= 15 is 0 Å². The Hall–Kier alpha value is -3.63. The predicted molar refractivity (Wildman–Crippen MR) is 147 cm³/mol. The van der Waals surface area contributed by atoms with Crippen molar-refractivity contribution in [3.63, 3.8) is 0 Å². The van der Waals surface area contributed by atoms with Crippen LogP contribution in [-0.2, 0) is 18.3 Å². The van der Waals surface area contributed by atoms with Crippen molar-refractivity contribution in [1.82, 2.24) is 24.8 Å². The van der Waals surface area contributed by atoms with E-state index in [0.717, 1.165) is 22.4 Å². The Balaban J connectivity index is 1.63. The maximum Gasteiger partial charge on any atom is 0.320 e. The number of amides is 3. The van der Waals surface area contributed by atoms with Gasteiger partial charge in [0.15, 0.2) is 0 Å². The molecule has 0 bridgehead atoms. The third-order valence-corrected chi connectivity index (χ3v) is 7.35. The predicted octanol–water partition coefficient (Wildman–Crippen LogP) is 3.35. The molecule has 0 radical (unpaired) electrons. The number of nitrogens with one attached hydrogen (secondary N) is 1. The lowest BCUT2D eigenvalue weighted by molar-refractivity contribution is -0.164. The number of nitrogens with zero attached hydrogens (tertiary/aromatic N) is 5. The molecule has 1 saturated heterocycles. The molecule has 4 N–H and O–H groups in total. The normalized spacial score (nSPS) is 19.6. The summed E-state index contributed by atoms with van der Waals surface area (Å²) < 4.78 is 1.72. The molecule has 1 aliphatic rings. The van der Waals surface area contributed by atoms with E-state index in [0.29, 0.717) is 29.6 Å². The molecule has 11 heteroatoms. The topological polar surface area (TPSA) is 130 Å². The summed E-state index contributed by atoms with van der Waals surface area (Å²) in [5.74, 6) is -0.111. The fourth-order valence-electron chi connectivity index (χ4n) is 5.15. The van der Waals surface area contributed by atoms with Crippen molar-refractivity contribution in [2.24, 2.45) is 13.0 Å². The molecule has 0 saturated carbocycles. The van der Waals surface area contributed by atoms with Crippen LogP contribution in [0.3, 0.4) is 0 Å². The first-order chi connectivity index (χ1) is 18.0. The van der Waals surface area contributed by atoms with Gasteiger partial charge in [-0.3, -0.25) is 14.6 Å². The second-order valence-electron chi connectivity index (χ2n) is 9.82. The van der Waals surface area contributed by atoms with Gasteiger partial charge in [-0.25, -0.2) is 14.8 Å². The molecule has 10 nitrogen and oxygen atoms in total. The number of hydrogen-bond donors (Lipinski definition) is 3. The number of pyridine rings is 1. The number of rotatable bonds is 7. The first-order valence-electron chi connectivity index (χ1n) is 12.5. The van der Waals surface area contributed by atoms with Crippen LogP contribution >= 0.6 is 11.6 Å². The van der Waals surface area contributed by atoms with Gasteiger partial charge < -0.3 is 20.7 Å². The third kappa shape index (κ3) is 5.32. The van der Waals surface area contributed by atoms with E-state index in [1.165, 1.54) is 9.80 Å². The summed E-state index contributed by atoms with van der Waals surface area (Å²) >= 11 is 6.22. The lowest BCUT2D eigenvalue weighted by Gasteiger charge is -2.52. The van der Waals surface area contributed by atoms with Crippen LogP contribution in [0.1, 0.15) is 41.8 Å². The quantitative estimate of drug-likeness (QED) is 0.422. The molecular weight excluding hydrogens is 506 g/mol. The molecule has 0 aliphatic carbocycles. The van der Waals surface area contributed by atoms with Gasteiger partial charge in [-0.15, -0.1) is 0 Å². The highest BCUT2D eigenvalue weighted by molar-refractivity contribution is 6.30. The number of likely N-dealkylation sites (tertiary alicyclic amines) is 1. The van der Waals surface area contributed by atoms with E-state index in [4.69, 9.17) is 17.3 Å². The Bertz CT molecular complexity index is 1320. The Morgan fingerprint density at radius 3 is 2.63 bits per heavy atom. The van der Waals surface area contributed by atoms with E-state index in [2.05, 4.69) is 15.3 Å². The maximum atomic E-state index is 13.8. The van der Waals surface area contributed by atoms with Gasteiger partial charge in [0.1, 0.15) is 18.1 Å². The van der Waals surface area contributed by atoms with Crippen molar-refractivity contribution in [2.45, 2.75) is 51.9 Å². The van der Waals surface area contributed by atoms with Crippen LogP contribution in [0.25, 0.3) is 0 Å². The Kier molecular flexibility index (Phi) is 7.94. The number of urea groups is 1. The maximum absolute atomic E-state index is 13.8. The van der Waals surface area contributed by atoms with Crippen LogP contribution in [0.2, 0.25) is 5.02 Å². The zero-order chi connectivity index (χ0) is 27.7. The molecule has 1 aliphatic heterocycles. The van der Waals surface area contributed by atoms with Gasteiger partial charge >= 0.3 is 6.03 Å². The summed E-state index contributed by atoms with van der Waals surface area (Å²) in [5.41, 5.74) is 9.37. The van der Waals surface area contributed by atoms with E-state index in [-0.39, 0.29) is 11.9 Å². The summed E-state index contributed by atoms with van der Waals surface area (Å²) in [6, 6.07) is 7.32. The number of carbonyl (C=O) groups is 2. The monoisotopic (exact) mass is 539 g/mol. The van der Waals surface area contributed by atoms with Crippen LogP contribution in [0.15, 0.2) is 42.7 Å². The summed E-state index contributed by atoms with van der Waals surface area (Å²) in [6.07, 6.45) is 3.10. The highest BCUT2D eigenvalue weighted by Crippen LogP contribution is 2.37. The highest BCUT2D eigenvalue weighted by Gasteiger charge is 2.55. The van der Waals surface area contributed by atoms with Crippen molar-refractivity contribution < 1.29 is 14.7 Å². The third-order valence-electron chi connectivity index (χ3n) is 7.11. The van der Waals surface area contributed by atoms with Crippen molar-refractivity contribution >= 4 is 35.3 Å². The molecule has 38 heavy (non-hydrogen) atoms. The minimum absolute atomic E-state index is 0.341. The summed E-state index contributed by atoms with van der Waals surface area (Å²) in [6.45, 7) is 5.73. The molecular formula is C27H34ClN7O3. The van der Waals surface area contributed by atoms with Crippen LogP contribution in [0.4, 0.5) is 16.6 Å². The number of nitrogen functional groups attached to an aromatic ring is 1. The minimum atomic E-state index is -1.17. The molecule has 3 amide bonds. The first kappa shape index (κ1) is 27.4. The van der Waals surface area contributed by atoms with Crippen LogP contribution in [0, 0.1) is 19.8 Å². The molecule has 202 valence electrons. The second kappa shape index (κ2) is 11.0. The highest BCUT2D eigenvalue weighted by atomic mass is 35.5. The van der Waals surface area contributed by atoms with Gasteiger partial charge in [-0.1, -0.05) is 24.6 Å². The van der Waals surface area contributed by atoms with Crippen molar-refractivity contribution in [3.8, 4) is 0 Å². The summed E-state index contributed by atoms with van der Waals surface area (Å²) in [5, 5.41) is 14.8. The number of anilines is 2. The fourth-order valence-corrected chi connectivity index (χ4v) is 5.33. The van der Waals surface area contributed by atoms with Gasteiger partial charge in [0.2, 0.25) is 5.95 Å². The standard InChI is InChI=1S/C27H34ClN7O3/c1-6-21(19-14-18(28)8-7-15(19)2)32-27(38)35-23(25(37)34(5)26-30-9-10-33(26)4)20(24(35)36)12-17-11-16(3)31-22(29)13-17/h7-11,13-14,20-21,23-24,36H,6,12H2,1-5H3,(H2,29,31)(H,32,38)/t20-,21-,23+,24?/m1/s1. The molecule has 4 atom stereocenters. The number of benzene rings is 1. The van der Waals surface area contributed by atoms with Gasteiger partial charge in [-0.05, 0) is 67.6 Å². The van der Waals surface area contributed by atoms with Gasteiger partial charge in [0.05, 0.1) is 6.04 Å². The molecule has 4 rings (SSSR count). The number of likely N-dealkylation sites (N-methyl/N-ethyl adjacent to an activating group) is 1. The number of imidazole rings is 1. The number of aliphatic hydroxyl groups excluding tert-OH is 1. The number of aliphatic hydroxyl groups is 1. The minimum Gasteiger partial charge on any atom is -0.384 e. The largest absolute Gasteiger partial charge is 0.384 e. The molecule has 1 fully saturated rings. The first-order valence-corrected chi connectivity index (χ1v) is 12.9. The molecule has 2 aromatic heterocycles. The Morgan fingerprint density at radius 1 is 1.26 bits per heavy atom. The summed E-state index contributed by atoms with van der Waals surface area (Å²) in [4.78, 5) is 38.4. The van der Waals surface area contributed by atoms with Crippen LogP contribution in [0.5, 0.6) is 0 Å². The van der Waals surface area contributed by atoms with Gasteiger partial charge in [0, 0.05) is 43.1 Å². The zero-order valence-corrected chi connectivity index (χ0v) is 23.0. The van der Waals surface area contributed by atoms with Crippen molar-refractivity contribution in [2.75, 3.05) is 17.7 Å². The van der Waals surface area contributed by atoms with E-state index in [1.807, 2.05) is 39.0 Å². The number of nitrogens with two attached hydrogens (primary N) is 1. The molecule has 1 aromatic carbocycles. The Labute approximate surface area is 227 Å². The molecule has 3 heterocycles. The number of hydrogen-bond acceptors (Lipinski definition) is 6. The van der Waals surface area contributed by atoms with Crippen molar-refractivity contribution in [3.05, 3.63) is 70.1 Å². The average Bonchev–Trinajstić information content (AvgIpc) is 3.29. The molecule has 0 spiro atoms. The number of halogens is 1. The van der Waals surface area contributed by atoms with E-state index < -0.39 is 24.2 Å².